The van der Waals surface area contributed by atoms with Gasteiger partial charge in [-0.3, -0.25) is 0 Å². The summed E-state index contributed by atoms with van der Waals surface area (Å²) in [5.74, 6) is 3.64. The fourth-order valence-corrected chi connectivity index (χ4v) is 7.36. The zero-order chi connectivity index (χ0) is 33.7. The number of ether oxygens (including phenoxy) is 1. The fourth-order valence-electron chi connectivity index (χ4n) is 7.36. The van der Waals surface area contributed by atoms with Crippen molar-refractivity contribution in [2.24, 2.45) is 0 Å². The largest absolute Gasteiger partial charge is 0.456 e. The molecule has 0 amide bonds. The van der Waals surface area contributed by atoms with Gasteiger partial charge in [0.05, 0.1) is 0 Å². The van der Waals surface area contributed by atoms with Crippen LogP contribution in [0.4, 0.5) is 0 Å². The smallest absolute Gasteiger partial charge is 0.164 e. The molecule has 238 valence electrons. The van der Waals surface area contributed by atoms with Crippen molar-refractivity contribution in [3.63, 3.8) is 0 Å². The fraction of sp³-hybridized carbons (Fsp3) is 0. The molecule has 9 aromatic rings. The van der Waals surface area contributed by atoms with Crippen molar-refractivity contribution in [1.82, 2.24) is 15.0 Å². The number of aromatic nitrogens is 3. The minimum absolute atomic E-state index is 0.628. The molecule has 0 radical (unpaired) electrons. The average Bonchev–Trinajstić information content (AvgIpc) is 3.21. The van der Waals surface area contributed by atoms with E-state index in [4.69, 9.17) is 19.7 Å². The number of hydrogen-bond donors (Lipinski definition) is 0. The molecule has 8 aromatic carbocycles. The van der Waals surface area contributed by atoms with Gasteiger partial charge in [-0.1, -0.05) is 152 Å². The second-order valence-corrected chi connectivity index (χ2v) is 12.8. The van der Waals surface area contributed by atoms with E-state index in [0.29, 0.717) is 17.5 Å². The molecule has 0 spiro atoms. The molecule has 0 aliphatic carbocycles. The van der Waals surface area contributed by atoms with Crippen LogP contribution in [-0.2, 0) is 0 Å². The maximum absolute atomic E-state index is 6.54. The number of benzene rings is 8. The highest BCUT2D eigenvalue weighted by Crippen LogP contribution is 2.48. The van der Waals surface area contributed by atoms with E-state index < -0.39 is 0 Å². The Morgan fingerprint density at radius 1 is 0.314 bits per heavy atom. The highest BCUT2D eigenvalue weighted by molar-refractivity contribution is 6.07. The van der Waals surface area contributed by atoms with Gasteiger partial charge in [-0.2, -0.15) is 0 Å². The van der Waals surface area contributed by atoms with Gasteiger partial charge in [-0.25, -0.2) is 15.0 Å². The highest BCUT2D eigenvalue weighted by atomic mass is 16.5. The topological polar surface area (TPSA) is 47.9 Å². The van der Waals surface area contributed by atoms with Gasteiger partial charge in [0.15, 0.2) is 17.5 Å². The molecular weight excluding hydrogens is 623 g/mol. The predicted octanol–water partition coefficient (Wildman–Crippen LogP) is 12.3. The lowest BCUT2D eigenvalue weighted by Crippen LogP contribution is -2.01. The summed E-state index contributed by atoms with van der Waals surface area (Å²) >= 11 is 0. The van der Waals surface area contributed by atoms with E-state index in [0.717, 1.165) is 72.2 Å². The Morgan fingerprint density at radius 3 is 1.67 bits per heavy atom. The van der Waals surface area contributed by atoms with Crippen molar-refractivity contribution in [3.05, 3.63) is 176 Å². The first-order chi connectivity index (χ1) is 25.3. The van der Waals surface area contributed by atoms with Crippen molar-refractivity contribution >= 4 is 21.5 Å². The normalized spacial score (nSPS) is 11.7. The molecule has 0 saturated heterocycles. The minimum atomic E-state index is 0.628. The first-order valence-corrected chi connectivity index (χ1v) is 17.1. The molecule has 10 rings (SSSR count). The van der Waals surface area contributed by atoms with Crippen LogP contribution in [0.5, 0.6) is 11.5 Å². The molecule has 1 aliphatic rings. The molecule has 0 saturated carbocycles. The number of rotatable bonds is 5. The molecule has 4 heteroatoms. The lowest BCUT2D eigenvalue weighted by molar-refractivity contribution is 0.487. The predicted molar refractivity (Wildman–Crippen MR) is 208 cm³/mol. The standard InChI is InChI=1S/C47H29N3O/c1-3-13-30(14-4-1)34-19-7-10-22-40(34)46-48-45(32-15-5-2-6-16-32)49-47(50-46)41-28-27-35(36-20-8-9-21-37(36)41)33-25-26-38-39-23-11-17-31-18-12-24-42(44(31)39)51-43(38)29-33/h1-29H. The Bertz CT molecular complexity index is 2770. The van der Waals surface area contributed by atoms with Gasteiger partial charge >= 0.3 is 0 Å². The Morgan fingerprint density at radius 2 is 0.882 bits per heavy atom. The quantitative estimate of drug-likeness (QED) is 0.186. The Balaban J connectivity index is 1.14. The van der Waals surface area contributed by atoms with E-state index in [1.165, 1.54) is 10.9 Å². The summed E-state index contributed by atoms with van der Waals surface area (Å²) in [5, 5.41) is 4.52. The van der Waals surface area contributed by atoms with Crippen molar-refractivity contribution < 1.29 is 4.74 Å². The summed E-state index contributed by atoms with van der Waals surface area (Å²) in [4.78, 5) is 15.4. The lowest BCUT2D eigenvalue weighted by atomic mass is 9.91. The third kappa shape index (κ3) is 4.96. The molecule has 2 heterocycles. The van der Waals surface area contributed by atoms with Gasteiger partial charge in [0, 0.05) is 27.6 Å². The first-order valence-electron chi connectivity index (χ1n) is 17.1. The zero-order valence-corrected chi connectivity index (χ0v) is 27.5. The Labute approximate surface area is 295 Å². The van der Waals surface area contributed by atoms with Crippen LogP contribution < -0.4 is 4.74 Å². The third-order valence-electron chi connectivity index (χ3n) is 9.75. The van der Waals surface area contributed by atoms with Gasteiger partial charge < -0.3 is 4.74 Å². The van der Waals surface area contributed by atoms with E-state index in [1.54, 1.807) is 0 Å². The lowest BCUT2D eigenvalue weighted by Gasteiger charge is -2.22. The van der Waals surface area contributed by atoms with E-state index in [2.05, 4.69) is 133 Å². The van der Waals surface area contributed by atoms with Gasteiger partial charge in [0.1, 0.15) is 11.5 Å². The second kappa shape index (κ2) is 11.9. The average molecular weight is 652 g/mol. The van der Waals surface area contributed by atoms with Crippen LogP contribution in [0.25, 0.3) is 89.1 Å². The molecule has 4 nitrogen and oxygen atoms in total. The summed E-state index contributed by atoms with van der Waals surface area (Å²) < 4.78 is 6.54. The van der Waals surface area contributed by atoms with E-state index >= 15 is 0 Å². The molecular formula is C47H29N3O. The van der Waals surface area contributed by atoms with Crippen LogP contribution in [-0.4, -0.2) is 15.0 Å². The van der Waals surface area contributed by atoms with Crippen molar-refractivity contribution in [2.75, 3.05) is 0 Å². The second-order valence-electron chi connectivity index (χ2n) is 12.8. The van der Waals surface area contributed by atoms with E-state index in [-0.39, 0.29) is 0 Å². The number of hydrogen-bond acceptors (Lipinski definition) is 4. The van der Waals surface area contributed by atoms with Gasteiger partial charge in [-0.15, -0.1) is 0 Å². The van der Waals surface area contributed by atoms with Crippen molar-refractivity contribution in [1.29, 1.82) is 0 Å². The summed E-state index contributed by atoms with van der Waals surface area (Å²) in [7, 11) is 0. The summed E-state index contributed by atoms with van der Waals surface area (Å²) in [6.45, 7) is 0. The van der Waals surface area contributed by atoms with Gasteiger partial charge in [0.25, 0.3) is 0 Å². The molecule has 51 heavy (non-hydrogen) atoms. The maximum atomic E-state index is 6.54. The summed E-state index contributed by atoms with van der Waals surface area (Å²) in [5.41, 5.74) is 9.52. The van der Waals surface area contributed by atoms with Crippen molar-refractivity contribution in [2.45, 2.75) is 0 Å². The monoisotopic (exact) mass is 651 g/mol. The van der Waals surface area contributed by atoms with Crippen molar-refractivity contribution in [3.8, 4) is 79.0 Å². The summed E-state index contributed by atoms with van der Waals surface area (Å²) in [6, 6.07) is 60.9. The van der Waals surface area contributed by atoms with Gasteiger partial charge in [-0.05, 0) is 68.2 Å². The molecule has 1 aliphatic heterocycles. The molecule has 0 atom stereocenters. The van der Waals surface area contributed by atoms with Crippen LogP contribution in [0.2, 0.25) is 0 Å². The number of fused-ring (bicyclic) bond motifs is 3. The highest BCUT2D eigenvalue weighted by Gasteiger charge is 2.22. The Hall–Kier alpha value is -6.91. The molecule has 0 bridgehead atoms. The zero-order valence-electron chi connectivity index (χ0n) is 27.5. The van der Waals surface area contributed by atoms with Crippen LogP contribution in [0.1, 0.15) is 0 Å². The third-order valence-corrected chi connectivity index (χ3v) is 9.75. The molecule has 0 N–H and O–H groups in total. The Kier molecular flexibility index (Phi) is 6.78. The SMILES string of the molecule is c1ccc(-c2nc(-c3ccccc3-c3ccccc3)nc(-c3ccc(-c4ccc5c(c4)Oc4cccc6cccc-5c46)c4ccccc34)n2)cc1. The van der Waals surface area contributed by atoms with Gasteiger partial charge in [0.2, 0.25) is 0 Å². The molecule has 0 unspecified atom stereocenters. The van der Waals surface area contributed by atoms with Crippen LogP contribution in [0, 0.1) is 0 Å². The first kappa shape index (κ1) is 29.0. The van der Waals surface area contributed by atoms with Crippen LogP contribution in [0.15, 0.2) is 176 Å². The summed E-state index contributed by atoms with van der Waals surface area (Å²) in [6.07, 6.45) is 0. The molecule has 0 fully saturated rings. The molecule has 1 aromatic heterocycles. The van der Waals surface area contributed by atoms with Crippen LogP contribution in [0.3, 0.4) is 0 Å². The van der Waals surface area contributed by atoms with Crippen LogP contribution >= 0.6 is 0 Å². The van der Waals surface area contributed by atoms with E-state index in [1.807, 2.05) is 42.5 Å². The van der Waals surface area contributed by atoms with E-state index in [9.17, 15) is 0 Å². The maximum Gasteiger partial charge on any atom is 0.164 e. The minimum Gasteiger partial charge on any atom is -0.456 e. The number of nitrogens with zero attached hydrogens (tertiary/aromatic N) is 3.